The summed E-state index contributed by atoms with van der Waals surface area (Å²) in [5.41, 5.74) is -0.939. The smallest absolute Gasteiger partial charge is 0.234 e. The highest BCUT2D eigenvalue weighted by Crippen LogP contribution is 2.19. The molecule has 0 radical (unpaired) electrons. The third-order valence-corrected chi connectivity index (χ3v) is 5.43. The maximum Gasteiger partial charge on any atom is 0.234 e. The molecule has 0 aromatic heterocycles. The largest absolute Gasteiger partial charge is 0.375 e. The Morgan fingerprint density at radius 3 is 2.13 bits per heavy atom. The van der Waals surface area contributed by atoms with E-state index in [1.807, 2.05) is 32.6 Å². The lowest BCUT2D eigenvalue weighted by molar-refractivity contribution is -0.135. The molecule has 1 heterocycles. The number of nitrogens with zero attached hydrogens (tertiary/aromatic N) is 2. The number of hydrogen-bond acceptors (Lipinski definition) is 6. The van der Waals surface area contributed by atoms with Crippen LogP contribution in [0.1, 0.15) is 60.3 Å². The van der Waals surface area contributed by atoms with Crippen LogP contribution in [0.3, 0.4) is 0 Å². The highest BCUT2D eigenvalue weighted by atomic mass is 127. The van der Waals surface area contributed by atoms with Crippen LogP contribution in [0.15, 0.2) is 0 Å². The predicted octanol–water partition coefficient (Wildman–Crippen LogP) is 1.93. The highest BCUT2D eigenvalue weighted by molar-refractivity contribution is 14.1. The first-order chi connectivity index (χ1) is 13.8. The zero-order valence-electron chi connectivity index (χ0n) is 18.9. The van der Waals surface area contributed by atoms with Crippen molar-refractivity contribution in [1.29, 1.82) is 0 Å². The molecule has 1 N–H and O–H groups in total. The van der Waals surface area contributed by atoms with E-state index in [0.29, 0.717) is 45.6 Å². The summed E-state index contributed by atoms with van der Waals surface area (Å²) >= 11 is 1.77. The summed E-state index contributed by atoms with van der Waals surface area (Å²) < 4.78 is 5.89. The number of piperazine rings is 1. The number of halogens is 1. The number of ether oxygens (including phenoxy) is 1. The Labute approximate surface area is 193 Å². The van der Waals surface area contributed by atoms with Crippen LogP contribution in [0.25, 0.3) is 0 Å². The quantitative estimate of drug-likeness (QED) is 0.302. The van der Waals surface area contributed by atoms with Crippen molar-refractivity contribution in [2.75, 3.05) is 39.3 Å². The van der Waals surface area contributed by atoms with Gasteiger partial charge in [-0.15, -0.1) is 0 Å². The first-order valence-corrected chi connectivity index (χ1v) is 11.5. The summed E-state index contributed by atoms with van der Waals surface area (Å²) in [6.45, 7) is 12.3. The monoisotopic (exact) mass is 537 g/mol. The average molecular weight is 537 g/mol. The van der Waals surface area contributed by atoms with Gasteiger partial charge in [0.15, 0.2) is 3.79 Å². The molecule has 1 rings (SSSR count). The summed E-state index contributed by atoms with van der Waals surface area (Å²) in [7, 11) is 0. The van der Waals surface area contributed by atoms with Crippen molar-refractivity contribution < 1.29 is 23.9 Å². The molecule has 0 spiro atoms. The van der Waals surface area contributed by atoms with E-state index in [9.17, 15) is 19.2 Å². The third-order valence-electron chi connectivity index (χ3n) is 5.05. The molecule has 0 aromatic carbocycles. The van der Waals surface area contributed by atoms with Crippen LogP contribution in [-0.2, 0) is 23.9 Å². The minimum Gasteiger partial charge on any atom is -0.375 e. The molecule has 1 saturated heterocycles. The molecule has 0 atom stereocenters. The number of ketones is 1. The van der Waals surface area contributed by atoms with Crippen LogP contribution in [0, 0.1) is 0 Å². The molecule has 9 heteroatoms. The molecule has 8 nitrogen and oxygen atoms in total. The first-order valence-electron chi connectivity index (χ1n) is 10.4. The van der Waals surface area contributed by atoms with Gasteiger partial charge in [-0.3, -0.25) is 19.3 Å². The highest BCUT2D eigenvalue weighted by Gasteiger charge is 2.27. The summed E-state index contributed by atoms with van der Waals surface area (Å²) in [5.74, 6) is -0.0330. The van der Waals surface area contributed by atoms with Crippen molar-refractivity contribution in [3.63, 3.8) is 0 Å². The zero-order valence-corrected chi connectivity index (χ0v) is 21.0. The molecule has 0 aliphatic carbocycles. The Hall–Kier alpha value is -1.07. The lowest BCUT2D eigenvalue weighted by atomic mass is 10.0. The second-order valence-electron chi connectivity index (χ2n) is 9.18. The molecule has 0 saturated carbocycles. The average Bonchev–Trinajstić information content (AvgIpc) is 2.58. The van der Waals surface area contributed by atoms with E-state index in [1.54, 1.807) is 27.5 Å². The Kier molecular flexibility index (Phi) is 10.9. The SMILES string of the molecule is CC(=O)CCC(=O)N1CCN(CC(=O)NC(C)(C)CCOC(C)(C)CC(=O)I)CC1. The fraction of sp³-hybridized carbons (Fsp3) is 0.810. The van der Waals surface area contributed by atoms with Gasteiger partial charge in [0.1, 0.15) is 5.78 Å². The second-order valence-corrected chi connectivity index (χ2v) is 10.4. The second kappa shape index (κ2) is 12.1. The Morgan fingerprint density at radius 1 is 1.00 bits per heavy atom. The van der Waals surface area contributed by atoms with Crippen molar-refractivity contribution in [2.45, 2.75) is 71.4 Å². The maximum atomic E-state index is 12.5. The lowest BCUT2D eigenvalue weighted by Crippen LogP contribution is -2.53. The van der Waals surface area contributed by atoms with Gasteiger partial charge in [0.25, 0.3) is 0 Å². The van der Waals surface area contributed by atoms with Crippen LogP contribution in [0.2, 0.25) is 0 Å². The summed E-state index contributed by atoms with van der Waals surface area (Å²) in [4.78, 5) is 50.7. The minimum atomic E-state index is -0.514. The minimum absolute atomic E-state index is 0.00243. The van der Waals surface area contributed by atoms with Gasteiger partial charge in [-0.05, 0) is 63.6 Å². The van der Waals surface area contributed by atoms with Crippen molar-refractivity contribution in [3.05, 3.63) is 0 Å². The fourth-order valence-corrected chi connectivity index (χ4v) is 4.17. The Bertz CT molecular complexity index is 628. The van der Waals surface area contributed by atoms with Crippen molar-refractivity contribution in [2.24, 2.45) is 0 Å². The van der Waals surface area contributed by atoms with Gasteiger partial charge in [0.2, 0.25) is 11.8 Å². The normalized spacial score (nSPS) is 15.7. The molecule has 30 heavy (non-hydrogen) atoms. The van der Waals surface area contributed by atoms with Crippen LogP contribution < -0.4 is 5.32 Å². The zero-order chi connectivity index (χ0) is 22.9. The third kappa shape index (κ3) is 11.4. The van der Waals surface area contributed by atoms with E-state index < -0.39 is 11.1 Å². The van der Waals surface area contributed by atoms with Gasteiger partial charge in [-0.2, -0.15) is 0 Å². The maximum absolute atomic E-state index is 12.5. The van der Waals surface area contributed by atoms with Gasteiger partial charge < -0.3 is 19.7 Å². The number of carbonyl (C=O) groups is 4. The van der Waals surface area contributed by atoms with Gasteiger partial charge in [-0.1, -0.05) is 0 Å². The van der Waals surface area contributed by atoms with E-state index in [1.165, 1.54) is 6.92 Å². The van der Waals surface area contributed by atoms with Gasteiger partial charge in [0, 0.05) is 57.6 Å². The van der Waals surface area contributed by atoms with Gasteiger partial charge >= 0.3 is 0 Å². The van der Waals surface area contributed by atoms with E-state index in [-0.39, 0.29) is 40.8 Å². The van der Waals surface area contributed by atoms with Crippen LogP contribution in [0.5, 0.6) is 0 Å². The Morgan fingerprint density at radius 2 is 1.60 bits per heavy atom. The van der Waals surface area contributed by atoms with Crippen molar-refractivity contribution in [3.8, 4) is 0 Å². The summed E-state index contributed by atoms with van der Waals surface area (Å²) in [6, 6.07) is 0. The predicted molar refractivity (Wildman–Crippen MR) is 123 cm³/mol. The fourth-order valence-electron chi connectivity index (χ4n) is 3.25. The van der Waals surface area contributed by atoms with Gasteiger partial charge in [0.05, 0.1) is 12.1 Å². The number of nitrogens with one attached hydrogen (secondary N) is 1. The van der Waals surface area contributed by atoms with Gasteiger partial charge in [-0.25, -0.2) is 0 Å². The van der Waals surface area contributed by atoms with Crippen molar-refractivity contribution >= 4 is 44.0 Å². The van der Waals surface area contributed by atoms with E-state index in [2.05, 4.69) is 5.32 Å². The molecule has 1 fully saturated rings. The number of Topliss-reactive ketones (excluding diaryl/α,β-unsaturated/α-hetero) is 1. The number of rotatable bonds is 12. The molecule has 2 amide bonds. The molecule has 0 aromatic rings. The number of hydrogen-bond donors (Lipinski definition) is 1. The standard InChI is InChI=1S/C21H36IN3O5/c1-16(26)6-7-19(29)25-11-9-24(10-12-25)15-18(28)23-20(2,3)8-13-30-21(4,5)14-17(22)27/h6-15H2,1-5H3,(H,23,28). The topological polar surface area (TPSA) is 96.0 Å². The molecule has 1 aliphatic rings. The molecular weight excluding hydrogens is 501 g/mol. The molecule has 0 unspecified atom stereocenters. The van der Waals surface area contributed by atoms with E-state index >= 15 is 0 Å². The Balaban J connectivity index is 2.34. The van der Waals surface area contributed by atoms with Crippen LogP contribution in [0.4, 0.5) is 0 Å². The molecule has 0 bridgehead atoms. The van der Waals surface area contributed by atoms with Crippen molar-refractivity contribution in [1.82, 2.24) is 15.1 Å². The molecule has 1 aliphatic heterocycles. The number of amides is 2. The lowest BCUT2D eigenvalue weighted by Gasteiger charge is -2.35. The van der Waals surface area contributed by atoms with E-state index in [0.717, 1.165) is 0 Å². The summed E-state index contributed by atoms with van der Waals surface area (Å²) in [6.07, 6.45) is 1.53. The van der Waals surface area contributed by atoms with Crippen LogP contribution in [-0.4, -0.2) is 81.7 Å². The molecular formula is C21H36IN3O5. The summed E-state index contributed by atoms with van der Waals surface area (Å²) in [5, 5.41) is 3.05. The first kappa shape index (κ1) is 27.0. The van der Waals surface area contributed by atoms with E-state index in [4.69, 9.17) is 4.74 Å². The molecule has 172 valence electrons. The van der Waals surface area contributed by atoms with Crippen LogP contribution >= 0.6 is 22.6 Å². The number of carbonyl (C=O) groups excluding carboxylic acids is 4.